The summed E-state index contributed by atoms with van der Waals surface area (Å²) in [6.07, 6.45) is 0. The standard InChI is InChI=1S/4ClH.H3N.Pd/h4*1H;1H3;/q;;;;;+2/p-3. The van der Waals surface area contributed by atoms with Gasteiger partial charge in [0.2, 0.25) is 0 Å². The third kappa shape index (κ3) is 41.6. The first kappa shape index (κ1) is 113. The monoisotopic (exact) mass is 264 g/mol. The van der Waals surface area contributed by atoms with E-state index in [9.17, 15) is 0 Å². The van der Waals surface area contributed by atoms with Crippen LogP contribution in [0.15, 0.2) is 0 Å². The van der Waals surface area contributed by atoms with Crippen molar-refractivity contribution in [3.05, 3.63) is 0 Å². The van der Waals surface area contributed by atoms with Crippen molar-refractivity contribution < 1.29 is 70.1 Å². The van der Waals surface area contributed by atoms with Crippen LogP contribution in [0.1, 0.15) is 0 Å². The van der Waals surface area contributed by atoms with Crippen molar-refractivity contribution in [3.63, 3.8) is 0 Å². The van der Waals surface area contributed by atoms with Crippen LogP contribution >= 0.6 is 0 Å². The van der Waals surface area contributed by atoms with E-state index in [-0.39, 0.29) is 76.2 Å². The summed E-state index contributed by atoms with van der Waals surface area (Å²) in [6, 6.07) is 0. The van der Waals surface area contributed by atoms with Gasteiger partial charge >= 0.3 is 20.4 Å². The van der Waals surface area contributed by atoms with Gasteiger partial charge < -0.3 is 55.8 Å². The molecule has 0 unspecified atom stereocenters. The molecule has 0 rings (SSSR count). The molecular formula is H4Cl4NPd-. The fourth-order valence-electron chi connectivity index (χ4n) is 0. The van der Waals surface area contributed by atoms with Crippen molar-refractivity contribution in [2.45, 2.75) is 0 Å². The molecule has 0 saturated heterocycles. The summed E-state index contributed by atoms with van der Waals surface area (Å²) in [6.45, 7) is 0. The van der Waals surface area contributed by atoms with E-state index in [1.54, 1.807) is 0 Å². The van der Waals surface area contributed by atoms with E-state index in [0.717, 1.165) is 0 Å². The molecule has 0 aromatic rings. The van der Waals surface area contributed by atoms with Crippen LogP contribution in [0.2, 0.25) is 0 Å². The number of rotatable bonds is 0. The van der Waals surface area contributed by atoms with Gasteiger partial charge in [-0.15, -0.1) is 0 Å². The summed E-state index contributed by atoms with van der Waals surface area (Å²) < 4.78 is 0. The van der Waals surface area contributed by atoms with Gasteiger partial charge in [-0.25, -0.2) is 0 Å². The van der Waals surface area contributed by atoms with Crippen LogP contribution in [0, 0.1) is 0 Å². The molecule has 6 heavy (non-hydrogen) atoms. The summed E-state index contributed by atoms with van der Waals surface area (Å²) in [5.74, 6) is 0. The number of hydrogen-bond acceptors (Lipinski definition) is 0. The van der Waals surface area contributed by atoms with E-state index in [1.165, 1.54) is 0 Å². The fourth-order valence-corrected chi connectivity index (χ4v) is 0. The largest absolute Gasteiger partial charge is 2.00 e. The second kappa shape index (κ2) is 71.4. The topological polar surface area (TPSA) is 36.5 Å². The van der Waals surface area contributed by atoms with Crippen molar-refractivity contribution >= 4 is 0 Å². The Morgan fingerprint density at radius 2 is 0.500 bits per heavy atom. The summed E-state index contributed by atoms with van der Waals surface area (Å²) in [4.78, 5) is 0. The third-order valence-electron chi connectivity index (χ3n) is 0. The van der Waals surface area contributed by atoms with Gasteiger partial charge in [-0.2, -0.15) is 0 Å². The average Bonchev–Trinajstić information content (AvgIpc) is 0. The van der Waals surface area contributed by atoms with Crippen LogP contribution in [0.25, 0.3) is 0 Å². The quantitative estimate of drug-likeness (QED) is 0.423. The van der Waals surface area contributed by atoms with Gasteiger partial charge in [0.25, 0.3) is 0 Å². The van der Waals surface area contributed by atoms with Crippen molar-refractivity contribution in [1.82, 2.24) is 6.15 Å². The van der Waals surface area contributed by atoms with Gasteiger partial charge in [-0.05, 0) is 0 Å². The van der Waals surface area contributed by atoms with Crippen molar-refractivity contribution in [2.24, 2.45) is 0 Å². The predicted octanol–water partition coefficient (Wildman–Crippen LogP) is -11.6. The van der Waals surface area contributed by atoms with Crippen LogP contribution in [0.3, 0.4) is 0 Å². The Hall–Kier alpha value is 1.78. The molecule has 0 aromatic carbocycles. The van der Waals surface area contributed by atoms with Crippen molar-refractivity contribution in [2.75, 3.05) is 0 Å². The Morgan fingerprint density at radius 1 is 0.500 bits per heavy atom. The molecular weight excluding hydrogens is 262 g/mol. The minimum atomic E-state index is 0. The van der Waals surface area contributed by atoms with Crippen LogP contribution in [-0.2, 0) is 20.4 Å². The van der Waals surface area contributed by atoms with Gasteiger partial charge in [-0.3, -0.25) is 0 Å². The third-order valence-corrected chi connectivity index (χ3v) is 0. The molecule has 4 N–H and O–H groups in total. The molecule has 1 nitrogen and oxygen atoms in total. The number of hydrogen-bond donors (Lipinski definition) is 1. The molecule has 0 radical (unpaired) electrons. The van der Waals surface area contributed by atoms with Crippen molar-refractivity contribution in [3.8, 4) is 0 Å². The maximum absolute atomic E-state index is 0. The first-order valence-corrected chi connectivity index (χ1v) is 0. The van der Waals surface area contributed by atoms with E-state index in [4.69, 9.17) is 0 Å². The smallest absolute Gasteiger partial charge is 1.00 e. The number of quaternary nitrogens is 1. The molecule has 0 fully saturated rings. The number of halogens is 4. The average molecular weight is 266 g/mol. The van der Waals surface area contributed by atoms with E-state index < -0.39 is 0 Å². The van der Waals surface area contributed by atoms with E-state index in [0.29, 0.717) is 0 Å². The second-order valence-electron chi connectivity index (χ2n) is 0. The normalized spacial score (nSPS) is 0. The molecule has 0 atom stereocenters. The molecule has 0 amide bonds. The molecule has 0 heterocycles. The van der Waals surface area contributed by atoms with Gasteiger partial charge in [0.15, 0.2) is 0 Å². The molecule has 48 valence electrons. The van der Waals surface area contributed by atoms with E-state index in [1.807, 2.05) is 0 Å². The Bertz CT molecular complexity index is 7.51. The Morgan fingerprint density at radius 3 is 0.500 bits per heavy atom. The first-order chi connectivity index (χ1) is 0. The fraction of sp³-hybridized carbons (Fsp3) is 0. The van der Waals surface area contributed by atoms with Gasteiger partial charge in [0.1, 0.15) is 0 Å². The Kier molecular flexibility index (Phi) is 1340. The van der Waals surface area contributed by atoms with E-state index >= 15 is 0 Å². The van der Waals surface area contributed by atoms with Crippen LogP contribution in [0.4, 0.5) is 0 Å². The first-order valence-electron chi connectivity index (χ1n) is 0. The van der Waals surface area contributed by atoms with Gasteiger partial charge in [0, 0.05) is 0 Å². The minimum absolute atomic E-state index is 0. The second-order valence-corrected chi connectivity index (χ2v) is 0. The summed E-state index contributed by atoms with van der Waals surface area (Å²) in [7, 11) is 0. The zero-order chi connectivity index (χ0) is 0. The Labute approximate surface area is 75.9 Å². The molecule has 0 bridgehead atoms. The maximum atomic E-state index is 0. The molecule has 0 saturated carbocycles. The SMILES string of the molecule is [Cl-].[Cl-].[Cl-].[Cl-].[NH4+].[Pd+2]. The Balaban J connectivity index is 0. The zero-order valence-corrected chi connectivity index (χ0v) is 7.41. The van der Waals surface area contributed by atoms with E-state index in [2.05, 4.69) is 0 Å². The zero-order valence-electron chi connectivity index (χ0n) is 2.83. The molecule has 0 spiro atoms. The maximum Gasteiger partial charge on any atom is 2.00 e. The summed E-state index contributed by atoms with van der Waals surface area (Å²) in [5.41, 5.74) is 0. The van der Waals surface area contributed by atoms with Gasteiger partial charge in [-0.1, -0.05) is 0 Å². The predicted molar refractivity (Wildman–Crippen MR) is 5.98 cm³/mol. The molecule has 0 aliphatic rings. The minimum Gasteiger partial charge on any atom is -1.00 e. The summed E-state index contributed by atoms with van der Waals surface area (Å²) >= 11 is 0. The molecule has 6 heteroatoms. The van der Waals surface area contributed by atoms with Crippen LogP contribution in [0.5, 0.6) is 0 Å². The van der Waals surface area contributed by atoms with Crippen LogP contribution < -0.4 is 55.8 Å². The molecule has 0 aliphatic carbocycles. The summed E-state index contributed by atoms with van der Waals surface area (Å²) in [5, 5.41) is 0. The molecule has 0 aromatic heterocycles. The van der Waals surface area contributed by atoms with Crippen LogP contribution in [-0.4, -0.2) is 0 Å². The van der Waals surface area contributed by atoms with Gasteiger partial charge in [0.05, 0.1) is 0 Å². The van der Waals surface area contributed by atoms with Crippen molar-refractivity contribution in [1.29, 1.82) is 0 Å². The molecule has 0 aliphatic heterocycles.